The Bertz CT molecular complexity index is 353. The summed E-state index contributed by atoms with van der Waals surface area (Å²) >= 11 is 3.83. The molecule has 0 radical (unpaired) electrons. The molecule has 0 saturated carbocycles. The minimum Gasteiger partial charge on any atom is -0.508 e. The van der Waals surface area contributed by atoms with Crippen molar-refractivity contribution in [2.75, 3.05) is 11.5 Å². The maximum atomic E-state index is 10.3. The summed E-state index contributed by atoms with van der Waals surface area (Å²) in [7, 11) is 0. The normalized spacial score (nSPS) is 26.7. The average molecular weight is 270 g/mol. The molecule has 0 aromatic heterocycles. The van der Waals surface area contributed by atoms with Crippen LogP contribution in [-0.4, -0.2) is 38.3 Å². The van der Waals surface area contributed by atoms with Crippen LogP contribution in [0.15, 0.2) is 24.3 Å². The van der Waals surface area contributed by atoms with Gasteiger partial charge in [-0.25, -0.2) is 0 Å². The van der Waals surface area contributed by atoms with Crippen molar-refractivity contribution >= 4 is 23.5 Å². The molecule has 17 heavy (non-hydrogen) atoms. The van der Waals surface area contributed by atoms with Crippen LogP contribution in [0.3, 0.4) is 0 Å². The highest BCUT2D eigenvalue weighted by molar-refractivity contribution is 8.07. The number of rotatable bonds is 3. The highest BCUT2D eigenvalue weighted by atomic mass is 32.2. The van der Waals surface area contributed by atoms with Crippen LogP contribution in [0.2, 0.25) is 0 Å². The molecule has 2 rings (SSSR count). The quantitative estimate of drug-likeness (QED) is 0.885. The Morgan fingerprint density at radius 1 is 1.24 bits per heavy atom. The summed E-state index contributed by atoms with van der Waals surface area (Å²) in [5.74, 6) is 2.60. The molecule has 3 unspecified atom stereocenters. The Morgan fingerprint density at radius 3 is 2.53 bits per heavy atom. The zero-order chi connectivity index (χ0) is 12.3. The minimum absolute atomic E-state index is 0.277. The van der Waals surface area contributed by atoms with Crippen LogP contribution in [0, 0.1) is 0 Å². The summed E-state index contributed by atoms with van der Waals surface area (Å²) in [5.41, 5.74) is 1.08. The van der Waals surface area contributed by atoms with Crippen LogP contribution in [-0.2, 0) is 6.42 Å². The largest absolute Gasteiger partial charge is 0.508 e. The van der Waals surface area contributed by atoms with Crippen molar-refractivity contribution < 1.29 is 10.2 Å². The molecular weight excluding hydrogens is 252 g/mol. The molecule has 4 heteroatoms. The second kappa shape index (κ2) is 6.03. The standard InChI is InChI=1S/C13H18O2S2/c1-9-13(17-7-6-16-9)12(15)8-10-2-4-11(14)5-3-10/h2-5,9,12-15H,6-8H2,1H3. The van der Waals surface area contributed by atoms with Gasteiger partial charge >= 0.3 is 0 Å². The van der Waals surface area contributed by atoms with E-state index in [0.29, 0.717) is 16.9 Å². The molecule has 94 valence electrons. The second-order valence-electron chi connectivity index (χ2n) is 4.35. The summed E-state index contributed by atoms with van der Waals surface area (Å²) in [5, 5.41) is 20.3. The van der Waals surface area contributed by atoms with Crippen molar-refractivity contribution in [1.82, 2.24) is 0 Å². The van der Waals surface area contributed by atoms with E-state index in [0.717, 1.165) is 11.3 Å². The van der Waals surface area contributed by atoms with Crippen molar-refractivity contribution in [3.63, 3.8) is 0 Å². The van der Waals surface area contributed by atoms with Gasteiger partial charge in [-0.3, -0.25) is 0 Å². The lowest BCUT2D eigenvalue weighted by molar-refractivity contribution is 0.171. The Kier molecular flexibility index (Phi) is 4.65. The van der Waals surface area contributed by atoms with Gasteiger partial charge in [0.25, 0.3) is 0 Å². The molecule has 0 bridgehead atoms. The number of phenolic OH excluding ortho intramolecular Hbond substituents is 1. The highest BCUT2D eigenvalue weighted by Crippen LogP contribution is 2.34. The van der Waals surface area contributed by atoms with E-state index in [1.165, 1.54) is 5.75 Å². The zero-order valence-corrected chi connectivity index (χ0v) is 11.5. The van der Waals surface area contributed by atoms with Gasteiger partial charge in [0.05, 0.1) is 6.10 Å². The van der Waals surface area contributed by atoms with E-state index < -0.39 is 0 Å². The second-order valence-corrected chi connectivity index (χ2v) is 7.12. The van der Waals surface area contributed by atoms with Crippen LogP contribution in [0.1, 0.15) is 12.5 Å². The Hall–Kier alpha value is -0.320. The zero-order valence-electron chi connectivity index (χ0n) is 9.87. The third-order valence-corrected chi connectivity index (χ3v) is 6.23. The Morgan fingerprint density at radius 2 is 1.88 bits per heavy atom. The molecule has 1 aliphatic heterocycles. The number of aliphatic hydroxyl groups is 1. The molecule has 0 spiro atoms. The van der Waals surface area contributed by atoms with Gasteiger partial charge in [0.2, 0.25) is 0 Å². The topological polar surface area (TPSA) is 40.5 Å². The summed E-state index contributed by atoms with van der Waals surface area (Å²) in [6.45, 7) is 2.20. The fourth-order valence-electron chi connectivity index (χ4n) is 2.06. The number of benzene rings is 1. The lowest BCUT2D eigenvalue weighted by Crippen LogP contribution is -2.36. The van der Waals surface area contributed by atoms with Gasteiger partial charge in [-0.15, -0.1) is 0 Å². The van der Waals surface area contributed by atoms with E-state index in [9.17, 15) is 10.2 Å². The van der Waals surface area contributed by atoms with Crippen molar-refractivity contribution in [3.8, 4) is 5.75 Å². The number of phenols is 1. The number of hydrogen-bond donors (Lipinski definition) is 2. The third-order valence-electron chi connectivity index (χ3n) is 3.00. The van der Waals surface area contributed by atoms with Crippen LogP contribution in [0.4, 0.5) is 0 Å². The number of hydrogen-bond acceptors (Lipinski definition) is 4. The van der Waals surface area contributed by atoms with Crippen LogP contribution in [0.25, 0.3) is 0 Å². The molecular formula is C13H18O2S2. The van der Waals surface area contributed by atoms with Gasteiger partial charge in [-0.2, -0.15) is 23.5 Å². The number of aromatic hydroxyl groups is 1. The van der Waals surface area contributed by atoms with Gasteiger partial charge in [0.15, 0.2) is 0 Å². The lowest BCUT2D eigenvalue weighted by atomic mass is 10.0. The van der Waals surface area contributed by atoms with E-state index >= 15 is 0 Å². The van der Waals surface area contributed by atoms with Crippen molar-refractivity contribution in [3.05, 3.63) is 29.8 Å². The van der Waals surface area contributed by atoms with E-state index in [4.69, 9.17) is 0 Å². The van der Waals surface area contributed by atoms with Gasteiger partial charge < -0.3 is 10.2 Å². The summed E-state index contributed by atoms with van der Waals surface area (Å²) in [4.78, 5) is 0. The average Bonchev–Trinajstić information content (AvgIpc) is 2.32. The first kappa shape index (κ1) is 13.1. The first-order chi connectivity index (χ1) is 8.16. The van der Waals surface area contributed by atoms with Crippen LogP contribution < -0.4 is 0 Å². The molecule has 2 N–H and O–H groups in total. The maximum absolute atomic E-state index is 10.3. The molecule has 0 amide bonds. The third kappa shape index (κ3) is 3.57. The van der Waals surface area contributed by atoms with E-state index in [1.807, 2.05) is 35.7 Å². The molecule has 1 fully saturated rings. The Labute approximate surface area is 111 Å². The molecule has 0 aliphatic carbocycles. The molecule has 1 aromatic carbocycles. The van der Waals surface area contributed by atoms with Gasteiger partial charge in [0.1, 0.15) is 5.75 Å². The van der Waals surface area contributed by atoms with Gasteiger partial charge in [0, 0.05) is 22.0 Å². The molecule has 2 nitrogen and oxygen atoms in total. The predicted octanol–water partition coefficient (Wildman–Crippen LogP) is 2.53. The number of thioether (sulfide) groups is 2. The van der Waals surface area contributed by atoms with Crippen molar-refractivity contribution in [2.45, 2.75) is 29.9 Å². The molecule has 1 heterocycles. The van der Waals surface area contributed by atoms with Gasteiger partial charge in [-0.1, -0.05) is 19.1 Å². The monoisotopic (exact) mass is 270 g/mol. The summed E-state index contributed by atoms with van der Waals surface area (Å²) in [6.07, 6.45) is 0.371. The molecule has 3 atom stereocenters. The molecule has 1 saturated heterocycles. The Balaban J connectivity index is 1.95. The smallest absolute Gasteiger partial charge is 0.115 e. The molecule has 1 aliphatic rings. The highest BCUT2D eigenvalue weighted by Gasteiger charge is 2.28. The van der Waals surface area contributed by atoms with Crippen LogP contribution >= 0.6 is 23.5 Å². The van der Waals surface area contributed by atoms with Crippen LogP contribution in [0.5, 0.6) is 5.75 Å². The fourth-order valence-corrected chi connectivity index (χ4v) is 4.91. The summed E-state index contributed by atoms with van der Waals surface area (Å²) < 4.78 is 0. The van der Waals surface area contributed by atoms with E-state index in [1.54, 1.807) is 12.1 Å². The SMILES string of the molecule is CC1SCCSC1C(O)Cc1ccc(O)cc1. The summed E-state index contributed by atoms with van der Waals surface area (Å²) in [6, 6.07) is 7.11. The first-order valence-corrected chi connectivity index (χ1v) is 7.96. The maximum Gasteiger partial charge on any atom is 0.115 e. The predicted molar refractivity (Wildman–Crippen MR) is 76.0 cm³/mol. The van der Waals surface area contributed by atoms with Crippen molar-refractivity contribution in [2.24, 2.45) is 0 Å². The lowest BCUT2D eigenvalue weighted by Gasteiger charge is -2.31. The fraction of sp³-hybridized carbons (Fsp3) is 0.538. The van der Waals surface area contributed by atoms with E-state index in [2.05, 4.69) is 6.92 Å². The van der Waals surface area contributed by atoms with Crippen molar-refractivity contribution in [1.29, 1.82) is 0 Å². The minimum atomic E-state index is -0.299. The first-order valence-electron chi connectivity index (χ1n) is 5.86. The van der Waals surface area contributed by atoms with E-state index in [-0.39, 0.29) is 11.9 Å². The molecule has 1 aromatic rings. The number of aliphatic hydroxyl groups excluding tert-OH is 1. The van der Waals surface area contributed by atoms with Gasteiger partial charge in [-0.05, 0) is 24.1 Å².